The molecule has 0 aliphatic heterocycles. The van der Waals surface area contributed by atoms with Gasteiger partial charge in [-0.2, -0.15) is 0 Å². The fourth-order valence-corrected chi connectivity index (χ4v) is 3.16. The fraction of sp³-hybridized carbons (Fsp3) is 0.200. The molecule has 0 saturated carbocycles. The van der Waals surface area contributed by atoms with Gasteiger partial charge in [0.2, 0.25) is 0 Å². The van der Waals surface area contributed by atoms with Crippen molar-refractivity contribution >= 4 is 22.2 Å². The highest BCUT2D eigenvalue weighted by atomic mass is 32.1. The number of benzene rings is 1. The summed E-state index contributed by atoms with van der Waals surface area (Å²) in [5, 5.41) is 5.41. The number of hydrogen-bond donors (Lipinski definition) is 1. The lowest BCUT2D eigenvalue weighted by molar-refractivity contribution is 0.823. The van der Waals surface area contributed by atoms with Crippen LogP contribution in [-0.2, 0) is 6.54 Å². The topological polar surface area (TPSA) is 37.8 Å². The molecule has 3 rings (SSSR count). The van der Waals surface area contributed by atoms with E-state index in [0.29, 0.717) is 0 Å². The van der Waals surface area contributed by atoms with E-state index < -0.39 is 0 Å². The van der Waals surface area contributed by atoms with Crippen LogP contribution in [0.2, 0.25) is 0 Å². The Morgan fingerprint density at radius 3 is 3.00 bits per heavy atom. The highest BCUT2D eigenvalue weighted by Gasteiger charge is 2.09. The maximum absolute atomic E-state index is 4.66. The SMILES string of the molecule is CNCc1sc(-c2ccc3ncccc3c2)nc1C. The van der Waals surface area contributed by atoms with Crippen LogP contribution in [0, 0.1) is 6.92 Å². The van der Waals surface area contributed by atoms with Gasteiger partial charge in [-0.05, 0) is 38.2 Å². The third-order valence-corrected chi connectivity index (χ3v) is 4.29. The van der Waals surface area contributed by atoms with E-state index in [4.69, 9.17) is 0 Å². The Kier molecular flexibility index (Phi) is 3.27. The zero-order valence-electron chi connectivity index (χ0n) is 11.0. The molecule has 0 bridgehead atoms. The summed E-state index contributed by atoms with van der Waals surface area (Å²) in [6, 6.07) is 10.4. The van der Waals surface area contributed by atoms with E-state index in [2.05, 4.69) is 46.5 Å². The lowest BCUT2D eigenvalue weighted by atomic mass is 10.1. The number of rotatable bonds is 3. The van der Waals surface area contributed by atoms with Gasteiger partial charge in [-0.15, -0.1) is 11.3 Å². The predicted octanol–water partition coefficient (Wildman–Crippen LogP) is 3.39. The van der Waals surface area contributed by atoms with Gasteiger partial charge in [0.05, 0.1) is 11.2 Å². The van der Waals surface area contributed by atoms with E-state index in [0.717, 1.165) is 33.7 Å². The summed E-state index contributed by atoms with van der Waals surface area (Å²) in [4.78, 5) is 10.3. The van der Waals surface area contributed by atoms with Crippen molar-refractivity contribution in [3.05, 3.63) is 47.1 Å². The predicted molar refractivity (Wildman–Crippen MR) is 80.4 cm³/mol. The van der Waals surface area contributed by atoms with Crippen LogP contribution in [0.1, 0.15) is 10.6 Å². The number of fused-ring (bicyclic) bond motifs is 1. The maximum atomic E-state index is 4.66. The van der Waals surface area contributed by atoms with Crippen molar-refractivity contribution in [2.45, 2.75) is 13.5 Å². The average Bonchev–Trinajstić information content (AvgIpc) is 2.80. The molecule has 0 amide bonds. The van der Waals surface area contributed by atoms with Crippen molar-refractivity contribution in [3.63, 3.8) is 0 Å². The summed E-state index contributed by atoms with van der Waals surface area (Å²) in [6.45, 7) is 2.94. The molecular weight excluding hydrogens is 254 g/mol. The number of aromatic nitrogens is 2. The monoisotopic (exact) mass is 269 g/mol. The van der Waals surface area contributed by atoms with E-state index in [1.54, 1.807) is 11.3 Å². The number of pyridine rings is 1. The second kappa shape index (κ2) is 5.07. The van der Waals surface area contributed by atoms with Gasteiger partial charge in [-0.1, -0.05) is 6.07 Å². The molecule has 2 aromatic heterocycles. The highest BCUT2D eigenvalue weighted by Crippen LogP contribution is 2.29. The molecule has 19 heavy (non-hydrogen) atoms. The zero-order chi connectivity index (χ0) is 13.2. The fourth-order valence-electron chi connectivity index (χ4n) is 2.08. The van der Waals surface area contributed by atoms with Gasteiger partial charge in [0.15, 0.2) is 0 Å². The lowest BCUT2D eigenvalue weighted by Gasteiger charge is -1.99. The molecule has 0 radical (unpaired) electrons. The Hall–Kier alpha value is -1.78. The molecule has 0 saturated heterocycles. The molecule has 1 N–H and O–H groups in total. The van der Waals surface area contributed by atoms with E-state index in [9.17, 15) is 0 Å². The van der Waals surface area contributed by atoms with Gasteiger partial charge in [-0.3, -0.25) is 4.98 Å². The van der Waals surface area contributed by atoms with Gasteiger partial charge in [0.25, 0.3) is 0 Å². The van der Waals surface area contributed by atoms with Crippen molar-refractivity contribution in [1.82, 2.24) is 15.3 Å². The van der Waals surface area contributed by atoms with Gasteiger partial charge in [0.1, 0.15) is 5.01 Å². The number of nitrogens with zero attached hydrogens (tertiary/aromatic N) is 2. The molecule has 0 aliphatic rings. The van der Waals surface area contributed by atoms with Crippen LogP contribution in [0.5, 0.6) is 0 Å². The molecule has 4 heteroatoms. The summed E-state index contributed by atoms with van der Waals surface area (Å²) in [6.07, 6.45) is 1.82. The second-order valence-electron chi connectivity index (χ2n) is 4.47. The van der Waals surface area contributed by atoms with Crippen LogP contribution < -0.4 is 5.32 Å². The third kappa shape index (κ3) is 2.37. The Bertz CT molecular complexity index is 718. The van der Waals surface area contributed by atoms with Gasteiger partial charge < -0.3 is 5.32 Å². The number of aryl methyl sites for hydroxylation is 1. The highest BCUT2D eigenvalue weighted by molar-refractivity contribution is 7.15. The van der Waals surface area contributed by atoms with Gasteiger partial charge in [0, 0.05) is 28.6 Å². The molecule has 96 valence electrons. The molecule has 2 heterocycles. The lowest BCUT2D eigenvalue weighted by Crippen LogP contribution is -2.04. The summed E-state index contributed by atoms with van der Waals surface area (Å²) < 4.78 is 0. The van der Waals surface area contributed by atoms with Crippen LogP contribution in [0.15, 0.2) is 36.5 Å². The van der Waals surface area contributed by atoms with Gasteiger partial charge in [-0.25, -0.2) is 4.98 Å². The molecule has 3 aromatic rings. The molecular formula is C15H15N3S. The first-order valence-corrected chi connectivity index (χ1v) is 7.05. The van der Waals surface area contributed by atoms with Crippen molar-refractivity contribution in [2.75, 3.05) is 7.05 Å². The third-order valence-electron chi connectivity index (χ3n) is 3.08. The van der Waals surface area contributed by atoms with Crippen LogP contribution in [0.25, 0.3) is 21.5 Å². The second-order valence-corrected chi connectivity index (χ2v) is 5.55. The minimum atomic E-state index is 0.874. The molecule has 0 atom stereocenters. The molecule has 1 aromatic carbocycles. The first-order valence-electron chi connectivity index (χ1n) is 6.24. The standard InChI is InChI=1S/C15H15N3S/c1-10-14(9-16-2)19-15(18-10)12-5-6-13-11(8-12)4-3-7-17-13/h3-8,16H,9H2,1-2H3. The van der Waals surface area contributed by atoms with E-state index in [-0.39, 0.29) is 0 Å². The quantitative estimate of drug-likeness (QED) is 0.792. The van der Waals surface area contributed by atoms with Crippen LogP contribution in [0.3, 0.4) is 0 Å². The molecule has 0 unspecified atom stereocenters. The molecule has 0 fully saturated rings. The average molecular weight is 269 g/mol. The first kappa shape index (κ1) is 12.3. The number of nitrogens with one attached hydrogen (secondary N) is 1. The minimum absolute atomic E-state index is 0.874. The van der Waals surface area contributed by atoms with Crippen LogP contribution in [0.4, 0.5) is 0 Å². The first-order chi connectivity index (χ1) is 9.28. The molecule has 3 nitrogen and oxygen atoms in total. The Morgan fingerprint density at radius 2 is 2.16 bits per heavy atom. The number of thiazole rings is 1. The minimum Gasteiger partial charge on any atom is -0.315 e. The van der Waals surface area contributed by atoms with E-state index in [1.165, 1.54) is 4.88 Å². The van der Waals surface area contributed by atoms with Crippen LogP contribution in [-0.4, -0.2) is 17.0 Å². The van der Waals surface area contributed by atoms with Gasteiger partial charge >= 0.3 is 0 Å². The van der Waals surface area contributed by atoms with Crippen molar-refractivity contribution in [2.24, 2.45) is 0 Å². The smallest absolute Gasteiger partial charge is 0.123 e. The van der Waals surface area contributed by atoms with Crippen molar-refractivity contribution in [3.8, 4) is 10.6 Å². The van der Waals surface area contributed by atoms with Crippen LogP contribution >= 0.6 is 11.3 Å². The summed E-state index contributed by atoms with van der Waals surface area (Å²) >= 11 is 1.75. The largest absolute Gasteiger partial charge is 0.315 e. The summed E-state index contributed by atoms with van der Waals surface area (Å²) in [5.74, 6) is 0. The van der Waals surface area contributed by atoms with E-state index in [1.807, 2.05) is 19.3 Å². The summed E-state index contributed by atoms with van der Waals surface area (Å²) in [7, 11) is 1.96. The molecule has 0 aliphatic carbocycles. The summed E-state index contributed by atoms with van der Waals surface area (Å²) in [5.41, 5.74) is 3.30. The van der Waals surface area contributed by atoms with Crippen molar-refractivity contribution < 1.29 is 0 Å². The Labute approximate surface area is 116 Å². The Balaban J connectivity index is 2.06. The maximum Gasteiger partial charge on any atom is 0.123 e. The Morgan fingerprint density at radius 1 is 1.26 bits per heavy atom. The molecule has 0 spiro atoms. The normalized spacial score (nSPS) is 11.1. The zero-order valence-corrected chi connectivity index (χ0v) is 11.8. The van der Waals surface area contributed by atoms with Crippen molar-refractivity contribution in [1.29, 1.82) is 0 Å². The number of hydrogen-bond acceptors (Lipinski definition) is 4. The van der Waals surface area contributed by atoms with E-state index >= 15 is 0 Å².